The summed E-state index contributed by atoms with van der Waals surface area (Å²) in [6, 6.07) is 12.6. The number of benzene rings is 2. The van der Waals surface area contributed by atoms with Crippen molar-refractivity contribution in [2.24, 2.45) is 0 Å². The van der Waals surface area contributed by atoms with E-state index in [1.54, 1.807) is 18.2 Å². The van der Waals surface area contributed by atoms with Crippen molar-refractivity contribution in [1.82, 2.24) is 23.8 Å². The summed E-state index contributed by atoms with van der Waals surface area (Å²) in [5.74, 6) is 1.01. The molecule has 4 rings (SSSR count). The molecule has 2 heterocycles. The van der Waals surface area contributed by atoms with Gasteiger partial charge in [0.25, 0.3) is 0 Å². The Balaban J connectivity index is 1.55. The van der Waals surface area contributed by atoms with Crippen LogP contribution in [0.2, 0.25) is 0 Å². The summed E-state index contributed by atoms with van der Waals surface area (Å²) < 4.78 is 28.3. The molecule has 0 atom stereocenters. The number of unbranched alkanes of at least 4 members (excludes halogenated alkanes) is 1. The zero-order valence-corrected chi connectivity index (χ0v) is 19.8. The van der Waals surface area contributed by atoms with Gasteiger partial charge in [-0.25, -0.2) is 22.7 Å². The standard InChI is InChI=1S/C23H28N6O3S/c1-4-5-14-29-20-11-10-16(33(31,32)28(2)3)15-19(20)24-21(29)12-13-22(30)27-23-25-17-8-6-7-9-18(17)26-23/h6-11,15H,4-5,12-14H2,1-3H3,(H2,25,26,27,30). The van der Waals surface area contributed by atoms with Crippen molar-refractivity contribution in [1.29, 1.82) is 0 Å². The highest BCUT2D eigenvalue weighted by Crippen LogP contribution is 2.23. The third-order valence-electron chi connectivity index (χ3n) is 5.54. The first-order valence-electron chi connectivity index (χ1n) is 11.0. The Morgan fingerprint density at radius 1 is 1.12 bits per heavy atom. The number of carbonyl (C=O) groups is 1. The van der Waals surface area contributed by atoms with Gasteiger partial charge < -0.3 is 9.55 Å². The number of nitrogens with zero attached hydrogens (tertiary/aromatic N) is 4. The fourth-order valence-electron chi connectivity index (χ4n) is 3.72. The lowest BCUT2D eigenvalue weighted by Gasteiger charge is -2.11. The average Bonchev–Trinajstić information content (AvgIpc) is 3.35. The molecule has 33 heavy (non-hydrogen) atoms. The number of aryl methyl sites for hydroxylation is 2. The molecule has 0 aliphatic carbocycles. The monoisotopic (exact) mass is 468 g/mol. The number of rotatable bonds is 9. The second-order valence-electron chi connectivity index (χ2n) is 8.12. The fraction of sp³-hybridized carbons (Fsp3) is 0.348. The van der Waals surface area contributed by atoms with Gasteiger partial charge in [0, 0.05) is 33.5 Å². The number of fused-ring (bicyclic) bond motifs is 2. The van der Waals surface area contributed by atoms with E-state index in [1.807, 2.05) is 24.3 Å². The molecule has 0 aliphatic heterocycles. The molecule has 10 heteroatoms. The maximum Gasteiger partial charge on any atom is 0.242 e. The third-order valence-corrected chi connectivity index (χ3v) is 7.35. The summed E-state index contributed by atoms with van der Waals surface area (Å²) in [6.45, 7) is 2.87. The molecule has 0 spiro atoms. The molecule has 4 aromatic rings. The van der Waals surface area contributed by atoms with Crippen LogP contribution < -0.4 is 5.32 Å². The van der Waals surface area contributed by atoms with Gasteiger partial charge in [0.1, 0.15) is 5.82 Å². The number of hydrogen-bond donors (Lipinski definition) is 2. The fourth-order valence-corrected chi connectivity index (χ4v) is 4.64. The smallest absolute Gasteiger partial charge is 0.242 e. The van der Waals surface area contributed by atoms with Crippen LogP contribution in [-0.4, -0.2) is 52.2 Å². The van der Waals surface area contributed by atoms with E-state index in [0.717, 1.165) is 41.8 Å². The van der Waals surface area contributed by atoms with E-state index < -0.39 is 10.0 Å². The largest absolute Gasteiger partial charge is 0.328 e. The molecule has 0 aliphatic rings. The lowest BCUT2D eigenvalue weighted by Crippen LogP contribution is -2.22. The van der Waals surface area contributed by atoms with Crippen LogP contribution in [0.15, 0.2) is 47.4 Å². The highest BCUT2D eigenvalue weighted by atomic mass is 32.2. The molecule has 0 unspecified atom stereocenters. The van der Waals surface area contributed by atoms with E-state index >= 15 is 0 Å². The molecule has 0 saturated carbocycles. The van der Waals surface area contributed by atoms with E-state index in [0.29, 0.717) is 17.9 Å². The number of hydrogen-bond acceptors (Lipinski definition) is 5. The molecule has 9 nitrogen and oxygen atoms in total. The Bertz CT molecular complexity index is 1370. The van der Waals surface area contributed by atoms with E-state index in [4.69, 9.17) is 0 Å². The van der Waals surface area contributed by atoms with E-state index in [-0.39, 0.29) is 17.2 Å². The number of aromatic amines is 1. The topological polar surface area (TPSA) is 113 Å². The maximum atomic E-state index is 12.6. The minimum Gasteiger partial charge on any atom is -0.328 e. The highest BCUT2D eigenvalue weighted by molar-refractivity contribution is 7.89. The second-order valence-corrected chi connectivity index (χ2v) is 10.3. The van der Waals surface area contributed by atoms with Gasteiger partial charge in [0.2, 0.25) is 21.9 Å². The minimum absolute atomic E-state index is 0.168. The molecule has 174 valence electrons. The van der Waals surface area contributed by atoms with Crippen LogP contribution in [0.1, 0.15) is 32.0 Å². The third kappa shape index (κ3) is 4.76. The van der Waals surface area contributed by atoms with Gasteiger partial charge in [-0.1, -0.05) is 25.5 Å². The number of amides is 1. The quantitative estimate of drug-likeness (QED) is 0.390. The summed E-state index contributed by atoms with van der Waals surface area (Å²) in [6.07, 6.45) is 2.63. The number of carbonyl (C=O) groups excluding carboxylic acids is 1. The van der Waals surface area contributed by atoms with Gasteiger partial charge in [-0.15, -0.1) is 0 Å². The molecule has 0 saturated heterocycles. The molecule has 2 N–H and O–H groups in total. The molecular formula is C23H28N6O3S. The van der Waals surface area contributed by atoms with Gasteiger partial charge in [0.05, 0.1) is 27.0 Å². The first-order chi connectivity index (χ1) is 15.8. The molecule has 2 aromatic carbocycles. The van der Waals surface area contributed by atoms with Crippen molar-refractivity contribution in [3.8, 4) is 0 Å². The van der Waals surface area contributed by atoms with Crippen LogP contribution >= 0.6 is 0 Å². The normalized spacial score (nSPS) is 12.1. The number of aromatic nitrogens is 4. The molecule has 1 amide bonds. The lowest BCUT2D eigenvalue weighted by atomic mass is 10.2. The number of imidazole rings is 2. The number of anilines is 1. The molecule has 0 radical (unpaired) electrons. The summed E-state index contributed by atoms with van der Waals surface area (Å²) in [7, 11) is -0.540. The summed E-state index contributed by atoms with van der Waals surface area (Å²) >= 11 is 0. The summed E-state index contributed by atoms with van der Waals surface area (Å²) in [5, 5.41) is 2.81. The van der Waals surface area contributed by atoms with Gasteiger partial charge in [-0.3, -0.25) is 10.1 Å². The van der Waals surface area contributed by atoms with E-state index in [2.05, 4.69) is 31.8 Å². The first-order valence-corrected chi connectivity index (χ1v) is 12.4. The maximum absolute atomic E-state index is 12.6. The van der Waals surface area contributed by atoms with Crippen molar-refractivity contribution < 1.29 is 13.2 Å². The van der Waals surface area contributed by atoms with Crippen LogP contribution in [0.4, 0.5) is 5.95 Å². The Kier molecular flexibility index (Phi) is 6.48. The second kappa shape index (κ2) is 9.32. The van der Waals surface area contributed by atoms with Gasteiger partial charge in [-0.2, -0.15) is 0 Å². The summed E-state index contributed by atoms with van der Waals surface area (Å²) in [5.41, 5.74) is 3.13. The predicted octanol–water partition coefficient (Wildman–Crippen LogP) is 3.53. The molecule has 2 aromatic heterocycles. The number of sulfonamides is 1. The van der Waals surface area contributed by atoms with E-state index in [1.165, 1.54) is 18.4 Å². The van der Waals surface area contributed by atoms with Crippen LogP contribution in [0.5, 0.6) is 0 Å². The number of nitrogens with one attached hydrogen (secondary N) is 2. The van der Waals surface area contributed by atoms with Crippen LogP contribution in [-0.2, 0) is 27.8 Å². The Morgan fingerprint density at radius 3 is 2.64 bits per heavy atom. The van der Waals surface area contributed by atoms with Crippen LogP contribution in [0, 0.1) is 0 Å². The average molecular weight is 469 g/mol. The minimum atomic E-state index is -3.55. The zero-order chi connectivity index (χ0) is 23.6. The van der Waals surface area contributed by atoms with Gasteiger partial charge in [-0.05, 0) is 36.8 Å². The Morgan fingerprint density at radius 2 is 1.91 bits per heavy atom. The molecule has 0 bridgehead atoms. The predicted molar refractivity (Wildman–Crippen MR) is 129 cm³/mol. The zero-order valence-electron chi connectivity index (χ0n) is 19.0. The molecule has 0 fully saturated rings. The van der Waals surface area contributed by atoms with Crippen molar-refractivity contribution in [3.63, 3.8) is 0 Å². The highest BCUT2D eigenvalue weighted by Gasteiger charge is 2.20. The van der Waals surface area contributed by atoms with E-state index in [9.17, 15) is 13.2 Å². The first kappa shape index (κ1) is 22.9. The van der Waals surface area contributed by atoms with Crippen molar-refractivity contribution in [2.45, 2.75) is 44.0 Å². The number of para-hydroxylation sites is 2. The van der Waals surface area contributed by atoms with Crippen LogP contribution in [0.25, 0.3) is 22.1 Å². The van der Waals surface area contributed by atoms with Crippen molar-refractivity contribution in [2.75, 3.05) is 19.4 Å². The number of H-pyrrole nitrogens is 1. The Hall–Kier alpha value is -3.24. The van der Waals surface area contributed by atoms with Crippen molar-refractivity contribution in [3.05, 3.63) is 48.3 Å². The SMILES string of the molecule is CCCCn1c(CCC(=O)Nc2nc3ccccc3[nH]2)nc2cc(S(=O)(=O)N(C)C)ccc21. The summed E-state index contributed by atoms with van der Waals surface area (Å²) in [4.78, 5) is 24.9. The molecular weight excluding hydrogens is 440 g/mol. The lowest BCUT2D eigenvalue weighted by molar-refractivity contribution is -0.116. The van der Waals surface area contributed by atoms with Gasteiger partial charge in [0.15, 0.2) is 0 Å². The van der Waals surface area contributed by atoms with Crippen LogP contribution in [0.3, 0.4) is 0 Å². The Labute approximate surface area is 192 Å². The van der Waals surface area contributed by atoms with Crippen molar-refractivity contribution >= 4 is 43.9 Å². The van der Waals surface area contributed by atoms with Gasteiger partial charge >= 0.3 is 0 Å².